The largest absolute Gasteiger partial charge is 0.310 e. The summed E-state index contributed by atoms with van der Waals surface area (Å²) in [6.45, 7) is 0.525. The Balaban J connectivity index is 1.50. The molecular formula is C23H20N4O3S2. The Morgan fingerprint density at radius 1 is 1.00 bits per heavy atom. The van der Waals surface area contributed by atoms with Crippen LogP contribution in [0.25, 0.3) is 11.0 Å². The van der Waals surface area contributed by atoms with E-state index in [4.69, 9.17) is 0 Å². The van der Waals surface area contributed by atoms with Gasteiger partial charge in [-0.15, -0.1) is 0 Å². The van der Waals surface area contributed by atoms with Gasteiger partial charge in [0.15, 0.2) is 0 Å². The summed E-state index contributed by atoms with van der Waals surface area (Å²) in [4.78, 5) is 15.3. The van der Waals surface area contributed by atoms with Crippen LogP contribution in [-0.2, 0) is 27.7 Å². The van der Waals surface area contributed by atoms with Gasteiger partial charge in [-0.3, -0.25) is 4.79 Å². The second kappa shape index (κ2) is 8.42. The lowest BCUT2D eigenvalue weighted by molar-refractivity contribution is -0.120. The minimum atomic E-state index is -4.02. The molecule has 32 heavy (non-hydrogen) atoms. The number of sulfonamides is 1. The summed E-state index contributed by atoms with van der Waals surface area (Å²) < 4.78 is 37.7. The third kappa shape index (κ3) is 3.90. The van der Waals surface area contributed by atoms with Crippen LogP contribution in [0.2, 0.25) is 0 Å². The van der Waals surface area contributed by atoms with Gasteiger partial charge in [0, 0.05) is 12.2 Å². The number of nitrogens with one attached hydrogen (secondary N) is 1. The zero-order valence-corrected chi connectivity index (χ0v) is 18.6. The fourth-order valence-electron chi connectivity index (χ4n) is 4.03. The Bertz CT molecular complexity index is 1390. The molecule has 0 saturated heterocycles. The number of hydrogen-bond donors (Lipinski definition) is 1. The van der Waals surface area contributed by atoms with E-state index >= 15 is 0 Å². The minimum absolute atomic E-state index is 0.0245. The van der Waals surface area contributed by atoms with Crippen molar-refractivity contribution >= 4 is 44.4 Å². The normalized spacial score (nSPS) is 14.4. The topological polar surface area (TPSA) is 92.3 Å². The van der Waals surface area contributed by atoms with Crippen LogP contribution in [0.5, 0.6) is 0 Å². The fraction of sp³-hybridized carbons (Fsp3) is 0.174. The molecule has 1 amide bonds. The second-order valence-electron chi connectivity index (χ2n) is 7.62. The Hall–Kier alpha value is -3.14. The van der Waals surface area contributed by atoms with Crippen LogP contribution >= 0.6 is 11.7 Å². The quantitative estimate of drug-likeness (QED) is 0.473. The number of fused-ring (bicyclic) bond motifs is 2. The minimum Gasteiger partial charge on any atom is -0.310 e. The van der Waals surface area contributed by atoms with Gasteiger partial charge in [-0.25, -0.2) is 8.42 Å². The van der Waals surface area contributed by atoms with E-state index in [1.54, 1.807) is 17.0 Å². The van der Waals surface area contributed by atoms with E-state index in [2.05, 4.69) is 13.5 Å². The number of para-hydroxylation sites is 1. The van der Waals surface area contributed by atoms with Crippen molar-refractivity contribution in [1.29, 1.82) is 0 Å². The van der Waals surface area contributed by atoms with E-state index in [0.29, 0.717) is 17.6 Å². The standard InChI is InChI=1S/C23H20N4O3S2/c28-23(27-14-13-17-9-4-5-11-20(17)27)19(15-16-7-2-1-3-8-16)26-32(29,30)21-12-6-10-18-22(21)25-31-24-18/h1-12,19,26H,13-15H2/t19-/m0/s1. The molecule has 1 atom stereocenters. The Morgan fingerprint density at radius 2 is 1.78 bits per heavy atom. The van der Waals surface area contributed by atoms with Crippen LogP contribution in [0.15, 0.2) is 77.7 Å². The molecule has 0 bridgehead atoms. The van der Waals surface area contributed by atoms with Gasteiger partial charge in [0.2, 0.25) is 15.9 Å². The van der Waals surface area contributed by atoms with Crippen LogP contribution in [-0.4, -0.2) is 35.7 Å². The predicted octanol–water partition coefficient (Wildman–Crippen LogP) is 3.17. The SMILES string of the molecule is O=C([C@H](Cc1ccccc1)NS(=O)(=O)c1cccc2nsnc12)N1CCc2ccccc21. The number of hydrogen-bond acceptors (Lipinski definition) is 6. The number of amides is 1. The molecule has 0 unspecified atom stereocenters. The summed E-state index contributed by atoms with van der Waals surface area (Å²) >= 11 is 0.956. The van der Waals surface area contributed by atoms with E-state index in [0.717, 1.165) is 35.0 Å². The third-order valence-electron chi connectivity index (χ3n) is 5.57. The van der Waals surface area contributed by atoms with Gasteiger partial charge >= 0.3 is 0 Å². The lowest BCUT2D eigenvalue weighted by Gasteiger charge is -2.25. The molecule has 0 spiro atoms. The van der Waals surface area contributed by atoms with Crippen LogP contribution in [0.4, 0.5) is 5.69 Å². The third-order valence-corrected chi connectivity index (χ3v) is 7.62. The predicted molar refractivity (Wildman–Crippen MR) is 124 cm³/mol. The van der Waals surface area contributed by atoms with Gasteiger partial charge in [-0.2, -0.15) is 13.5 Å². The Morgan fingerprint density at radius 3 is 2.62 bits per heavy atom. The summed E-state index contributed by atoms with van der Waals surface area (Å²) in [6, 6.07) is 21.0. The number of carbonyl (C=O) groups is 1. The molecule has 2 heterocycles. The highest BCUT2D eigenvalue weighted by atomic mass is 32.2. The van der Waals surface area contributed by atoms with E-state index < -0.39 is 16.1 Å². The highest BCUT2D eigenvalue weighted by Gasteiger charge is 2.34. The molecule has 5 rings (SSSR count). The maximum atomic E-state index is 13.6. The van der Waals surface area contributed by atoms with Gasteiger partial charge in [-0.05, 0) is 42.2 Å². The van der Waals surface area contributed by atoms with Crippen LogP contribution < -0.4 is 9.62 Å². The van der Waals surface area contributed by atoms with Gasteiger partial charge in [-0.1, -0.05) is 54.6 Å². The molecule has 7 nitrogen and oxygen atoms in total. The summed E-state index contributed by atoms with van der Waals surface area (Å²) in [5.41, 5.74) is 3.61. The first-order valence-electron chi connectivity index (χ1n) is 10.2. The Kier molecular flexibility index (Phi) is 5.46. The molecule has 1 N–H and O–H groups in total. The van der Waals surface area contributed by atoms with Crippen molar-refractivity contribution in [2.24, 2.45) is 0 Å². The lowest BCUT2D eigenvalue weighted by atomic mass is 10.1. The number of anilines is 1. The van der Waals surface area contributed by atoms with E-state index in [-0.39, 0.29) is 17.2 Å². The Labute approximate surface area is 190 Å². The van der Waals surface area contributed by atoms with E-state index in [1.807, 2.05) is 54.6 Å². The highest BCUT2D eigenvalue weighted by molar-refractivity contribution is 7.89. The molecular weight excluding hydrogens is 444 g/mol. The highest BCUT2D eigenvalue weighted by Crippen LogP contribution is 2.29. The molecule has 4 aromatic rings. The average molecular weight is 465 g/mol. The van der Waals surface area contributed by atoms with Crippen molar-refractivity contribution in [2.45, 2.75) is 23.8 Å². The number of aromatic nitrogens is 2. The van der Waals surface area contributed by atoms with Gasteiger partial charge in [0.1, 0.15) is 22.0 Å². The van der Waals surface area contributed by atoms with E-state index in [1.165, 1.54) is 6.07 Å². The number of nitrogens with zero attached hydrogens (tertiary/aromatic N) is 3. The van der Waals surface area contributed by atoms with Crippen molar-refractivity contribution in [2.75, 3.05) is 11.4 Å². The zero-order chi connectivity index (χ0) is 22.1. The summed E-state index contributed by atoms with van der Waals surface area (Å²) in [7, 11) is -4.02. The summed E-state index contributed by atoms with van der Waals surface area (Å²) in [6.07, 6.45) is 0.985. The molecule has 0 fully saturated rings. The first-order valence-corrected chi connectivity index (χ1v) is 12.4. The maximum Gasteiger partial charge on any atom is 0.245 e. The molecule has 0 radical (unpaired) electrons. The van der Waals surface area contributed by atoms with Crippen molar-refractivity contribution in [3.63, 3.8) is 0 Å². The van der Waals surface area contributed by atoms with Crippen LogP contribution in [0, 0.1) is 0 Å². The molecule has 1 aromatic heterocycles. The number of carbonyl (C=O) groups excluding carboxylic acids is 1. The molecule has 0 aliphatic carbocycles. The monoisotopic (exact) mass is 464 g/mol. The maximum absolute atomic E-state index is 13.6. The lowest BCUT2D eigenvalue weighted by Crippen LogP contribution is -2.49. The zero-order valence-electron chi connectivity index (χ0n) is 17.0. The fourth-order valence-corrected chi connectivity index (χ4v) is 5.99. The summed E-state index contributed by atoms with van der Waals surface area (Å²) in [5.74, 6) is -0.272. The van der Waals surface area contributed by atoms with Gasteiger partial charge < -0.3 is 4.90 Å². The summed E-state index contributed by atoms with van der Waals surface area (Å²) in [5, 5.41) is 0. The van der Waals surface area contributed by atoms with Crippen LogP contribution in [0.1, 0.15) is 11.1 Å². The number of benzene rings is 3. The molecule has 0 saturated carbocycles. The molecule has 9 heteroatoms. The van der Waals surface area contributed by atoms with Gasteiger partial charge in [0.25, 0.3) is 0 Å². The van der Waals surface area contributed by atoms with E-state index in [9.17, 15) is 13.2 Å². The van der Waals surface area contributed by atoms with Crippen molar-refractivity contribution in [1.82, 2.24) is 13.5 Å². The molecule has 3 aromatic carbocycles. The average Bonchev–Trinajstić information content (AvgIpc) is 3.45. The first-order chi connectivity index (χ1) is 15.5. The first kappa shape index (κ1) is 20.7. The number of rotatable bonds is 6. The molecule has 1 aliphatic heterocycles. The van der Waals surface area contributed by atoms with Gasteiger partial charge in [0.05, 0.1) is 11.7 Å². The molecule has 1 aliphatic rings. The van der Waals surface area contributed by atoms with Crippen molar-refractivity contribution in [3.8, 4) is 0 Å². The van der Waals surface area contributed by atoms with Crippen LogP contribution in [0.3, 0.4) is 0 Å². The molecule has 162 valence electrons. The van der Waals surface area contributed by atoms with Crippen molar-refractivity contribution in [3.05, 3.63) is 83.9 Å². The van der Waals surface area contributed by atoms with Crippen molar-refractivity contribution < 1.29 is 13.2 Å². The smallest absolute Gasteiger partial charge is 0.245 e. The second-order valence-corrected chi connectivity index (χ2v) is 9.83.